The van der Waals surface area contributed by atoms with Crippen LogP contribution in [-0.2, 0) is 11.2 Å². The molecule has 3 rings (SSSR count). The number of allylic oxidation sites excluding steroid dienone is 1. The average Bonchev–Trinajstić information content (AvgIpc) is 2.73. The largest absolute Gasteiger partial charge is 0.479 e. The number of carbonyl (C=O) groups is 2. The zero-order valence-corrected chi connectivity index (χ0v) is 15.4. The van der Waals surface area contributed by atoms with Crippen molar-refractivity contribution < 1.29 is 14.7 Å². The number of carboxylic acid groups (broad SMARTS) is 1. The van der Waals surface area contributed by atoms with Crippen molar-refractivity contribution in [2.75, 3.05) is 4.90 Å². The fourth-order valence-corrected chi connectivity index (χ4v) is 3.20. The van der Waals surface area contributed by atoms with Crippen LogP contribution in [0.2, 0.25) is 0 Å². The van der Waals surface area contributed by atoms with E-state index in [2.05, 4.69) is 6.58 Å². The highest BCUT2D eigenvalue weighted by Crippen LogP contribution is 2.32. The summed E-state index contributed by atoms with van der Waals surface area (Å²) in [6, 6.07) is 23.7. The van der Waals surface area contributed by atoms with E-state index in [9.17, 15) is 14.7 Å². The summed E-state index contributed by atoms with van der Waals surface area (Å²) in [5.74, 6) is -1.46. The third-order valence-electron chi connectivity index (χ3n) is 4.46. The molecular weight excluding hydrogens is 350 g/mol. The Balaban J connectivity index is 2.21. The van der Waals surface area contributed by atoms with Gasteiger partial charge in [-0.15, -0.1) is 6.58 Å². The van der Waals surface area contributed by atoms with Gasteiger partial charge in [0.2, 0.25) is 0 Å². The number of carbonyl (C=O) groups excluding carboxylic acids is 1. The van der Waals surface area contributed by atoms with Crippen molar-refractivity contribution in [3.05, 3.63) is 114 Å². The summed E-state index contributed by atoms with van der Waals surface area (Å²) in [6.45, 7) is 3.78. The molecule has 3 aromatic carbocycles. The van der Waals surface area contributed by atoms with Crippen LogP contribution in [-0.4, -0.2) is 17.0 Å². The molecule has 0 radical (unpaired) electrons. The molecule has 0 aliphatic rings. The number of rotatable bonds is 7. The molecule has 1 amide bonds. The van der Waals surface area contributed by atoms with Crippen molar-refractivity contribution in [3.63, 3.8) is 0 Å². The Morgan fingerprint density at radius 1 is 0.893 bits per heavy atom. The zero-order chi connectivity index (χ0) is 19.9. The van der Waals surface area contributed by atoms with E-state index in [-0.39, 0.29) is 5.91 Å². The van der Waals surface area contributed by atoms with E-state index in [0.717, 1.165) is 5.56 Å². The highest BCUT2D eigenvalue weighted by Gasteiger charge is 2.34. The molecule has 0 aliphatic heterocycles. The number of aliphatic carboxylic acids is 1. The second-order valence-electron chi connectivity index (χ2n) is 6.31. The third-order valence-corrected chi connectivity index (χ3v) is 4.46. The van der Waals surface area contributed by atoms with E-state index in [1.54, 1.807) is 66.7 Å². The predicted molar refractivity (Wildman–Crippen MR) is 110 cm³/mol. The van der Waals surface area contributed by atoms with Gasteiger partial charge in [0.25, 0.3) is 5.91 Å². The molecule has 0 spiro atoms. The number of anilines is 1. The Morgan fingerprint density at radius 2 is 1.46 bits per heavy atom. The minimum absolute atomic E-state index is 0.367. The van der Waals surface area contributed by atoms with Crippen molar-refractivity contribution in [1.82, 2.24) is 0 Å². The van der Waals surface area contributed by atoms with Gasteiger partial charge in [0.05, 0.1) is 0 Å². The SMILES string of the molecule is C=CCc1ccccc1N(C(=O)c1ccccc1)[C@@H](C(=O)O)c1ccccc1. The maximum absolute atomic E-state index is 13.5. The highest BCUT2D eigenvalue weighted by molar-refractivity contribution is 6.09. The molecule has 1 atom stereocenters. The van der Waals surface area contributed by atoms with Crippen molar-refractivity contribution >= 4 is 17.6 Å². The molecule has 1 N–H and O–H groups in total. The molecule has 3 aromatic rings. The fraction of sp³-hybridized carbons (Fsp3) is 0.0833. The number of hydrogen-bond acceptors (Lipinski definition) is 2. The average molecular weight is 371 g/mol. The normalized spacial score (nSPS) is 11.4. The van der Waals surface area contributed by atoms with E-state index < -0.39 is 12.0 Å². The molecule has 4 nitrogen and oxygen atoms in total. The second kappa shape index (κ2) is 8.82. The molecule has 0 unspecified atom stereocenters. The van der Waals surface area contributed by atoms with Gasteiger partial charge in [0.15, 0.2) is 6.04 Å². The number of amides is 1. The van der Waals surface area contributed by atoms with Gasteiger partial charge < -0.3 is 5.11 Å². The van der Waals surface area contributed by atoms with Gasteiger partial charge in [-0.05, 0) is 35.7 Å². The van der Waals surface area contributed by atoms with Gasteiger partial charge in [0.1, 0.15) is 0 Å². The van der Waals surface area contributed by atoms with E-state index in [0.29, 0.717) is 23.2 Å². The first kappa shape index (κ1) is 19.1. The first-order valence-corrected chi connectivity index (χ1v) is 8.98. The number of carboxylic acids is 1. The molecule has 0 aliphatic carbocycles. The van der Waals surface area contributed by atoms with Gasteiger partial charge in [-0.3, -0.25) is 9.69 Å². The molecule has 0 saturated carbocycles. The predicted octanol–water partition coefficient (Wildman–Crippen LogP) is 4.89. The van der Waals surface area contributed by atoms with E-state index in [4.69, 9.17) is 0 Å². The number of para-hydroxylation sites is 1. The number of nitrogens with zero attached hydrogens (tertiary/aromatic N) is 1. The summed E-state index contributed by atoms with van der Waals surface area (Å²) in [7, 11) is 0. The lowest BCUT2D eigenvalue weighted by Crippen LogP contribution is -2.39. The molecule has 0 bridgehead atoms. The van der Waals surface area contributed by atoms with Crippen molar-refractivity contribution in [3.8, 4) is 0 Å². The molecule has 0 saturated heterocycles. The monoisotopic (exact) mass is 371 g/mol. The summed E-state index contributed by atoms with van der Waals surface area (Å²) < 4.78 is 0. The highest BCUT2D eigenvalue weighted by atomic mass is 16.4. The Labute approximate surface area is 164 Å². The van der Waals surface area contributed by atoms with Gasteiger partial charge in [-0.1, -0.05) is 72.8 Å². The van der Waals surface area contributed by atoms with Crippen LogP contribution in [0.5, 0.6) is 0 Å². The summed E-state index contributed by atoms with van der Waals surface area (Å²) in [5, 5.41) is 10.1. The van der Waals surface area contributed by atoms with Crippen LogP contribution in [0.15, 0.2) is 97.6 Å². The zero-order valence-electron chi connectivity index (χ0n) is 15.4. The lowest BCUT2D eigenvalue weighted by molar-refractivity contribution is -0.138. The topological polar surface area (TPSA) is 57.6 Å². The van der Waals surface area contributed by atoms with Crippen LogP contribution >= 0.6 is 0 Å². The minimum Gasteiger partial charge on any atom is -0.479 e. The van der Waals surface area contributed by atoms with Crippen molar-refractivity contribution in [2.24, 2.45) is 0 Å². The van der Waals surface area contributed by atoms with Crippen LogP contribution in [0.4, 0.5) is 5.69 Å². The Kier molecular flexibility index (Phi) is 6.02. The van der Waals surface area contributed by atoms with Crippen LogP contribution in [0, 0.1) is 0 Å². The molecular formula is C24H21NO3. The van der Waals surface area contributed by atoms with Crippen LogP contribution in [0.25, 0.3) is 0 Å². The standard InChI is InChI=1S/C24H21NO3/c1-2-11-18-12-9-10-17-21(18)25(23(26)20-15-7-4-8-16-20)22(24(27)28)19-13-5-3-6-14-19/h2-10,12-17,22H,1,11H2,(H,27,28)/t22-/m1/s1. The van der Waals surface area contributed by atoms with Crippen LogP contribution < -0.4 is 4.90 Å². The van der Waals surface area contributed by atoms with Crippen LogP contribution in [0.1, 0.15) is 27.5 Å². The fourth-order valence-electron chi connectivity index (χ4n) is 3.20. The lowest BCUT2D eigenvalue weighted by atomic mass is 10.00. The van der Waals surface area contributed by atoms with Gasteiger partial charge >= 0.3 is 5.97 Å². The lowest BCUT2D eigenvalue weighted by Gasteiger charge is -2.31. The van der Waals surface area contributed by atoms with E-state index in [1.807, 2.05) is 24.3 Å². The molecule has 4 heteroatoms. The van der Waals surface area contributed by atoms with Crippen molar-refractivity contribution in [1.29, 1.82) is 0 Å². The van der Waals surface area contributed by atoms with E-state index >= 15 is 0 Å². The first-order valence-electron chi connectivity index (χ1n) is 8.98. The van der Waals surface area contributed by atoms with Gasteiger partial charge in [-0.25, -0.2) is 4.79 Å². The molecule has 28 heavy (non-hydrogen) atoms. The number of benzene rings is 3. The minimum atomic E-state index is -1.15. The first-order chi connectivity index (χ1) is 13.6. The molecule has 140 valence electrons. The van der Waals surface area contributed by atoms with Gasteiger partial charge in [-0.2, -0.15) is 0 Å². The molecule has 0 heterocycles. The summed E-state index contributed by atoms with van der Waals surface area (Å²) in [4.78, 5) is 27.1. The molecule has 0 fully saturated rings. The summed E-state index contributed by atoms with van der Waals surface area (Å²) >= 11 is 0. The summed E-state index contributed by atoms with van der Waals surface area (Å²) in [6.07, 6.45) is 2.26. The van der Waals surface area contributed by atoms with Crippen LogP contribution in [0.3, 0.4) is 0 Å². The number of hydrogen-bond donors (Lipinski definition) is 1. The summed E-state index contributed by atoms with van der Waals surface area (Å²) in [5.41, 5.74) is 2.36. The second-order valence-corrected chi connectivity index (χ2v) is 6.31. The third kappa shape index (κ3) is 4.01. The quantitative estimate of drug-likeness (QED) is 0.602. The maximum atomic E-state index is 13.5. The van der Waals surface area contributed by atoms with E-state index in [1.165, 1.54) is 4.90 Å². The van der Waals surface area contributed by atoms with Gasteiger partial charge in [0, 0.05) is 11.3 Å². The Morgan fingerprint density at radius 3 is 2.07 bits per heavy atom. The maximum Gasteiger partial charge on any atom is 0.331 e. The Hall–Kier alpha value is -3.66. The van der Waals surface area contributed by atoms with Crippen molar-refractivity contribution in [2.45, 2.75) is 12.5 Å². The smallest absolute Gasteiger partial charge is 0.331 e. The Bertz CT molecular complexity index is 967. The molecule has 0 aromatic heterocycles.